The Morgan fingerprint density at radius 1 is 1.28 bits per heavy atom. The number of anilines is 1. The number of carboxylic acid groups (broad SMARTS) is 1. The maximum absolute atomic E-state index is 11.2. The van der Waals surface area contributed by atoms with E-state index in [1.54, 1.807) is 18.2 Å². The highest BCUT2D eigenvalue weighted by Crippen LogP contribution is 2.24. The predicted molar refractivity (Wildman–Crippen MR) is 72.2 cm³/mol. The zero-order chi connectivity index (χ0) is 13.5. The summed E-state index contributed by atoms with van der Waals surface area (Å²) in [5.74, 6) is -0.931. The molecule has 0 radical (unpaired) electrons. The predicted octanol–water partition coefficient (Wildman–Crippen LogP) is 2.37. The third-order valence-corrected chi connectivity index (χ3v) is 3.17. The van der Waals surface area contributed by atoms with Crippen LogP contribution in [0.2, 0.25) is 0 Å². The molecule has 0 heterocycles. The van der Waals surface area contributed by atoms with Gasteiger partial charge in [-0.25, -0.2) is 4.79 Å². The molecule has 0 atom stereocenters. The van der Waals surface area contributed by atoms with Gasteiger partial charge in [-0.2, -0.15) is 0 Å². The molecule has 4 heteroatoms. The zero-order valence-electron chi connectivity index (χ0n) is 11.0. The van der Waals surface area contributed by atoms with Crippen molar-refractivity contribution in [2.45, 2.75) is 32.7 Å². The van der Waals surface area contributed by atoms with Gasteiger partial charge in [0.25, 0.3) is 0 Å². The van der Waals surface area contributed by atoms with Gasteiger partial charge in [-0.15, -0.1) is 0 Å². The van der Waals surface area contributed by atoms with Crippen molar-refractivity contribution in [1.29, 1.82) is 0 Å². The lowest BCUT2D eigenvalue weighted by atomic mass is 10.1. The summed E-state index contributed by atoms with van der Waals surface area (Å²) in [5.41, 5.74) is 0.977. The third kappa shape index (κ3) is 3.23. The Balaban J connectivity index is 3.16. The number of carbonyl (C=O) groups is 1. The molecular formula is C14H21NO3. The zero-order valence-corrected chi connectivity index (χ0v) is 11.0. The van der Waals surface area contributed by atoms with Gasteiger partial charge in [-0.1, -0.05) is 26.0 Å². The monoisotopic (exact) mass is 251 g/mol. The minimum absolute atomic E-state index is 0.0183. The minimum Gasteiger partial charge on any atom is -0.478 e. The average molecular weight is 251 g/mol. The SMILES string of the molecule is CCC(CC)N(CCO)c1ccccc1C(=O)O. The highest BCUT2D eigenvalue weighted by atomic mass is 16.4. The lowest BCUT2D eigenvalue weighted by molar-refractivity contribution is 0.0697. The molecule has 0 bridgehead atoms. The highest BCUT2D eigenvalue weighted by molar-refractivity contribution is 5.94. The van der Waals surface area contributed by atoms with E-state index in [0.717, 1.165) is 12.8 Å². The van der Waals surface area contributed by atoms with Crippen LogP contribution in [0.1, 0.15) is 37.0 Å². The number of carboxylic acids is 1. The second-order valence-electron chi connectivity index (χ2n) is 4.21. The first kappa shape index (κ1) is 14.5. The first-order valence-electron chi connectivity index (χ1n) is 6.35. The summed E-state index contributed by atoms with van der Waals surface area (Å²) in [4.78, 5) is 13.2. The number of aromatic carboxylic acids is 1. The van der Waals surface area contributed by atoms with Crippen LogP contribution in [0.15, 0.2) is 24.3 Å². The molecule has 0 aliphatic rings. The summed E-state index contributed by atoms with van der Waals surface area (Å²) in [6.45, 7) is 4.62. The van der Waals surface area contributed by atoms with Gasteiger partial charge < -0.3 is 15.1 Å². The molecule has 0 saturated carbocycles. The molecule has 18 heavy (non-hydrogen) atoms. The number of hydrogen-bond acceptors (Lipinski definition) is 3. The van der Waals surface area contributed by atoms with Crippen molar-refractivity contribution < 1.29 is 15.0 Å². The standard InChI is InChI=1S/C14H21NO3/c1-3-11(4-2)15(9-10-16)13-8-6-5-7-12(13)14(17)18/h5-8,11,16H,3-4,9-10H2,1-2H3,(H,17,18). The topological polar surface area (TPSA) is 60.8 Å². The molecule has 0 saturated heterocycles. The number of nitrogens with zero attached hydrogens (tertiary/aromatic N) is 1. The lowest BCUT2D eigenvalue weighted by Gasteiger charge is -2.33. The van der Waals surface area contributed by atoms with E-state index in [0.29, 0.717) is 12.2 Å². The molecule has 4 nitrogen and oxygen atoms in total. The quantitative estimate of drug-likeness (QED) is 0.781. The van der Waals surface area contributed by atoms with Gasteiger partial charge in [-0.05, 0) is 25.0 Å². The molecule has 1 aromatic carbocycles. The van der Waals surface area contributed by atoms with Crippen molar-refractivity contribution in [3.05, 3.63) is 29.8 Å². The first-order chi connectivity index (χ1) is 8.65. The summed E-state index contributed by atoms with van der Waals surface area (Å²) in [6.07, 6.45) is 1.84. The molecule has 0 aliphatic heterocycles. The van der Waals surface area contributed by atoms with Crippen molar-refractivity contribution in [3.8, 4) is 0 Å². The van der Waals surface area contributed by atoms with Crippen molar-refractivity contribution in [2.24, 2.45) is 0 Å². The summed E-state index contributed by atoms with van der Waals surface area (Å²) in [6, 6.07) is 7.20. The molecule has 0 amide bonds. The summed E-state index contributed by atoms with van der Waals surface area (Å²) in [7, 11) is 0. The van der Waals surface area contributed by atoms with Gasteiger partial charge >= 0.3 is 5.97 Å². The van der Waals surface area contributed by atoms with Crippen LogP contribution in [0, 0.1) is 0 Å². The second-order valence-corrected chi connectivity index (χ2v) is 4.21. The normalized spacial score (nSPS) is 10.7. The smallest absolute Gasteiger partial charge is 0.337 e. The molecule has 100 valence electrons. The number of aliphatic hydroxyl groups excluding tert-OH is 1. The maximum atomic E-state index is 11.2. The van der Waals surface area contributed by atoms with E-state index in [1.807, 2.05) is 11.0 Å². The van der Waals surface area contributed by atoms with E-state index >= 15 is 0 Å². The fraction of sp³-hybridized carbons (Fsp3) is 0.500. The lowest BCUT2D eigenvalue weighted by Crippen LogP contribution is -2.37. The van der Waals surface area contributed by atoms with Crippen LogP contribution < -0.4 is 4.90 Å². The van der Waals surface area contributed by atoms with Crippen LogP contribution in [0.4, 0.5) is 5.69 Å². The average Bonchev–Trinajstić information content (AvgIpc) is 2.39. The van der Waals surface area contributed by atoms with E-state index in [9.17, 15) is 15.0 Å². The Bertz CT molecular complexity index is 388. The van der Waals surface area contributed by atoms with Gasteiger partial charge in [0.05, 0.1) is 17.9 Å². The number of benzene rings is 1. The van der Waals surface area contributed by atoms with E-state index in [-0.39, 0.29) is 18.2 Å². The van der Waals surface area contributed by atoms with Crippen LogP contribution in [0.3, 0.4) is 0 Å². The molecular weight excluding hydrogens is 230 g/mol. The Morgan fingerprint density at radius 3 is 2.39 bits per heavy atom. The fourth-order valence-corrected chi connectivity index (χ4v) is 2.24. The largest absolute Gasteiger partial charge is 0.478 e. The molecule has 0 aromatic heterocycles. The summed E-state index contributed by atoms with van der Waals surface area (Å²) in [5, 5.41) is 18.4. The molecule has 0 aliphatic carbocycles. The van der Waals surface area contributed by atoms with Crippen LogP contribution in [-0.4, -0.2) is 35.4 Å². The molecule has 0 spiro atoms. The van der Waals surface area contributed by atoms with Crippen molar-refractivity contribution >= 4 is 11.7 Å². The van der Waals surface area contributed by atoms with E-state index in [1.165, 1.54) is 0 Å². The molecule has 1 aromatic rings. The van der Waals surface area contributed by atoms with Crippen molar-refractivity contribution in [1.82, 2.24) is 0 Å². The van der Waals surface area contributed by atoms with Crippen LogP contribution in [0.5, 0.6) is 0 Å². The van der Waals surface area contributed by atoms with Crippen LogP contribution >= 0.6 is 0 Å². The van der Waals surface area contributed by atoms with Crippen molar-refractivity contribution in [3.63, 3.8) is 0 Å². The molecule has 0 unspecified atom stereocenters. The third-order valence-electron chi connectivity index (χ3n) is 3.17. The van der Waals surface area contributed by atoms with Gasteiger partial charge in [-0.3, -0.25) is 0 Å². The number of para-hydroxylation sites is 1. The minimum atomic E-state index is -0.931. The van der Waals surface area contributed by atoms with E-state index < -0.39 is 5.97 Å². The number of aliphatic hydroxyl groups is 1. The van der Waals surface area contributed by atoms with Crippen LogP contribution in [-0.2, 0) is 0 Å². The van der Waals surface area contributed by atoms with Gasteiger partial charge in [0, 0.05) is 12.6 Å². The van der Waals surface area contributed by atoms with E-state index in [4.69, 9.17) is 0 Å². The van der Waals surface area contributed by atoms with Gasteiger partial charge in [0.2, 0.25) is 0 Å². The summed E-state index contributed by atoms with van der Waals surface area (Å²) >= 11 is 0. The van der Waals surface area contributed by atoms with E-state index in [2.05, 4.69) is 13.8 Å². The molecule has 0 fully saturated rings. The van der Waals surface area contributed by atoms with Gasteiger partial charge in [0.1, 0.15) is 0 Å². The maximum Gasteiger partial charge on any atom is 0.337 e. The van der Waals surface area contributed by atoms with Crippen LogP contribution in [0.25, 0.3) is 0 Å². The fourth-order valence-electron chi connectivity index (χ4n) is 2.24. The molecule has 1 rings (SSSR count). The van der Waals surface area contributed by atoms with Crippen molar-refractivity contribution in [2.75, 3.05) is 18.1 Å². The Hall–Kier alpha value is -1.55. The Labute approximate surface area is 108 Å². The highest BCUT2D eigenvalue weighted by Gasteiger charge is 2.20. The number of hydrogen-bond donors (Lipinski definition) is 2. The first-order valence-corrected chi connectivity index (χ1v) is 6.35. The Kier molecular flexibility index (Phi) is 5.65. The summed E-state index contributed by atoms with van der Waals surface area (Å²) < 4.78 is 0. The second kappa shape index (κ2) is 7.01. The van der Waals surface area contributed by atoms with Gasteiger partial charge in [0.15, 0.2) is 0 Å². The number of rotatable bonds is 7. The Morgan fingerprint density at radius 2 is 1.89 bits per heavy atom. The molecule has 2 N–H and O–H groups in total.